The zero-order valence-corrected chi connectivity index (χ0v) is 12.0. The van der Waals surface area contributed by atoms with Gasteiger partial charge in [-0.2, -0.15) is 0 Å². The monoisotopic (exact) mass is 265 g/mol. The molecule has 0 fully saturated rings. The summed E-state index contributed by atoms with van der Waals surface area (Å²) < 4.78 is 0. The number of rotatable bonds is 2. The van der Waals surface area contributed by atoms with E-state index in [4.69, 9.17) is 0 Å². The van der Waals surface area contributed by atoms with E-state index in [1.54, 1.807) is 0 Å². The lowest BCUT2D eigenvalue weighted by molar-refractivity contribution is 0.102. The molecule has 102 valence electrons. The van der Waals surface area contributed by atoms with Crippen molar-refractivity contribution in [3.63, 3.8) is 0 Å². The number of carbonyl (C=O) groups is 1. The average Bonchev–Trinajstić information content (AvgIpc) is 2.85. The molecule has 2 nitrogen and oxygen atoms in total. The summed E-state index contributed by atoms with van der Waals surface area (Å²) in [6.07, 6.45) is 3.52. The molecule has 0 bridgehead atoms. The predicted octanol–water partition coefficient (Wildman–Crippen LogP) is 4.04. The topological polar surface area (TPSA) is 29.1 Å². The molecule has 1 aliphatic rings. The number of aryl methyl sites for hydroxylation is 4. The van der Waals surface area contributed by atoms with Gasteiger partial charge in [0.25, 0.3) is 5.91 Å². The fourth-order valence-corrected chi connectivity index (χ4v) is 2.92. The second-order valence-electron chi connectivity index (χ2n) is 5.61. The third-order valence-corrected chi connectivity index (χ3v) is 3.98. The van der Waals surface area contributed by atoms with Gasteiger partial charge in [-0.1, -0.05) is 23.8 Å². The number of nitrogens with one attached hydrogen (secondary N) is 1. The van der Waals surface area contributed by atoms with E-state index >= 15 is 0 Å². The SMILES string of the molecule is Cc1ccc(C(=O)Nc2ccc3c(c2)CCC3)c(C)c1. The molecule has 3 rings (SSSR count). The van der Waals surface area contributed by atoms with Crippen molar-refractivity contribution in [2.75, 3.05) is 5.32 Å². The molecule has 0 spiro atoms. The predicted molar refractivity (Wildman–Crippen MR) is 82.3 cm³/mol. The number of hydrogen-bond acceptors (Lipinski definition) is 1. The Balaban J connectivity index is 1.82. The van der Waals surface area contributed by atoms with Gasteiger partial charge in [-0.3, -0.25) is 4.79 Å². The van der Waals surface area contributed by atoms with E-state index in [9.17, 15) is 4.79 Å². The van der Waals surface area contributed by atoms with Crippen LogP contribution in [-0.2, 0) is 12.8 Å². The summed E-state index contributed by atoms with van der Waals surface area (Å²) >= 11 is 0. The van der Waals surface area contributed by atoms with Crippen molar-refractivity contribution in [1.29, 1.82) is 0 Å². The Labute approximate surface area is 119 Å². The standard InChI is InChI=1S/C18H19NO/c1-12-6-9-17(13(2)10-12)18(20)19-16-8-7-14-4-3-5-15(14)11-16/h6-11H,3-5H2,1-2H3,(H,19,20). The molecular weight excluding hydrogens is 246 g/mol. The van der Waals surface area contributed by atoms with E-state index in [0.717, 1.165) is 23.2 Å². The molecule has 2 heteroatoms. The van der Waals surface area contributed by atoms with Gasteiger partial charge >= 0.3 is 0 Å². The molecule has 1 N–H and O–H groups in total. The van der Waals surface area contributed by atoms with E-state index in [0.29, 0.717) is 0 Å². The molecule has 20 heavy (non-hydrogen) atoms. The van der Waals surface area contributed by atoms with Gasteiger partial charge < -0.3 is 5.32 Å². The van der Waals surface area contributed by atoms with Crippen LogP contribution in [0.1, 0.15) is 39.0 Å². The Kier molecular flexibility index (Phi) is 3.31. The van der Waals surface area contributed by atoms with Gasteiger partial charge in [0.05, 0.1) is 0 Å². The molecular formula is C18H19NO. The largest absolute Gasteiger partial charge is 0.322 e. The highest BCUT2D eigenvalue weighted by Crippen LogP contribution is 2.25. The summed E-state index contributed by atoms with van der Waals surface area (Å²) in [4.78, 5) is 12.3. The Morgan fingerprint density at radius 2 is 1.80 bits per heavy atom. The Hall–Kier alpha value is -2.09. The first-order valence-corrected chi connectivity index (χ1v) is 7.14. The minimum Gasteiger partial charge on any atom is -0.322 e. The van der Waals surface area contributed by atoms with Crippen LogP contribution in [0.15, 0.2) is 36.4 Å². The summed E-state index contributed by atoms with van der Waals surface area (Å²) in [7, 11) is 0. The minimum absolute atomic E-state index is 0.0274. The summed E-state index contributed by atoms with van der Waals surface area (Å²) in [5.74, 6) is -0.0274. The second-order valence-corrected chi connectivity index (χ2v) is 5.61. The van der Waals surface area contributed by atoms with Crippen molar-refractivity contribution in [1.82, 2.24) is 0 Å². The summed E-state index contributed by atoms with van der Waals surface area (Å²) in [6, 6.07) is 12.2. The van der Waals surface area contributed by atoms with Gasteiger partial charge in [0.2, 0.25) is 0 Å². The number of hydrogen-bond donors (Lipinski definition) is 1. The van der Waals surface area contributed by atoms with Gasteiger partial charge in [-0.15, -0.1) is 0 Å². The average molecular weight is 265 g/mol. The molecule has 0 saturated heterocycles. The zero-order valence-electron chi connectivity index (χ0n) is 12.0. The first-order chi connectivity index (χ1) is 9.63. The van der Waals surface area contributed by atoms with E-state index in [1.807, 2.05) is 38.1 Å². The summed E-state index contributed by atoms with van der Waals surface area (Å²) in [5, 5.41) is 3.01. The first kappa shape index (κ1) is 12.9. The van der Waals surface area contributed by atoms with Crippen LogP contribution >= 0.6 is 0 Å². The fraction of sp³-hybridized carbons (Fsp3) is 0.278. The highest BCUT2D eigenvalue weighted by molar-refractivity contribution is 6.05. The van der Waals surface area contributed by atoms with Gasteiger partial charge in [-0.25, -0.2) is 0 Å². The van der Waals surface area contributed by atoms with Crippen LogP contribution in [0.2, 0.25) is 0 Å². The maximum atomic E-state index is 12.3. The molecule has 0 atom stereocenters. The summed E-state index contributed by atoms with van der Waals surface area (Å²) in [6.45, 7) is 4.01. The normalized spacial score (nSPS) is 13.1. The minimum atomic E-state index is -0.0274. The Morgan fingerprint density at radius 1 is 1.00 bits per heavy atom. The van der Waals surface area contributed by atoms with Crippen LogP contribution in [0.5, 0.6) is 0 Å². The van der Waals surface area contributed by atoms with Crippen molar-refractivity contribution >= 4 is 11.6 Å². The van der Waals surface area contributed by atoms with Crippen molar-refractivity contribution < 1.29 is 4.79 Å². The first-order valence-electron chi connectivity index (χ1n) is 7.14. The summed E-state index contributed by atoms with van der Waals surface area (Å²) in [5.41, 5.74) is 6.64. The Morgan fingerprint density at radius 3 is 2.60 bits per heavy atom. The van der Waals surface area contributed by atoms with Crippen molar-refractivity contribution in [3.8, 4) is 0 Å². The zero-order chi connectivity index (χ0) is 14.1. The molecule has 0 heterocycles. The lowest BCUT2D eigenvalue weighted by atomic mass is 10.0. The Bertz CT molecular complexity index is 673. The molecule has 0 aromatic heterocycles. The van der Waals surface area contributed by atoms with Crippen LogP contribution < -0.4 is 5.32 Å². The molecule has 2 aromatic carbocycles. The van der Waals surface area contributed by atoms with Gasteiger partial charge in [0.15, 0.2) is 0 Å². The number of carbonyl (C=O) groups excluding carboxylic acids is 1. The van der Waals surface area contributed by atoms with E-state index in [-0.39, 0.29) is 5.91 Å². The number of anilines is 1. The van der Waals surface area contributed by atoms with Gasteiger partial charge in [0.1, 0.15) is 0 Å². The molecule has 0 aliphatic heterocycles. The lowest BCUT2D eigenvalue weighted by Crippen LogP contribution is -2.13. The quantitative estimate of drug-likeness (QED) is 0.872. The maximum absolute atomic E-state index is 12.3. The lowest BCUT2D eigenvalue weighted by Gasteiger charge is -2.10. The van der Waals surface area contributed by atoms with Crippen LogP contribution in [0, 0.1) is 13.8 Å². The van der Waals surface area contributed by atoms with Crippen molar-refractivity contribution in [2.45, 2.75) is 33.1 Å². The van der Waals surface area contributed by atoms with Crippen molar-refractivity contribution in [3.05, 3.63) is 64.2 Å². The van der Waals surface area contributed by atoms with E-state index < -0.39 is 0 Å². The van der Waals surface area contributed by atoms with Crippen LogP contribution in [0.25, 0.3) is 0 Å². The van der Waals surface area contributed by atoms with Crippen LogP contribution in [0.3, 0.4) is 0 Å². The maximum Gasteiger partial charge on any atom is 0.255 e. The molecule has 1 aliphatic carbocycles. The molecule has 2 aromatic rings. The van der Waals surface area contributed by atoms with Crippen LogP contribution in [-0.4, -0.2) is 5.91 Å². The highest BCUT2D eigenvalue weighted by atomic mass is 16.1. The third kappa shape index (κ3) is 2.46. The number of amides is 1. The molecule has 0 radical (unpaired) electrons. The highest BCUT2D eigenvalue weighted by Gasteiger charge is 2.13. The molecule has 0 saturated carbocycles. The molecule has 1 amide bonds. The van der Waals surface area contributed by atoms with Gasteiger partial charge in [-0.05, 0) is 68.0 Å². The second kappa shape index (κ2) is 5.12. The van der Waals surface area contributed by atoms with Gasteiger partial charge in [0, 0.05) is 11.3 Å². The fourth-order valence-electron chi connectivity index (χ4n) is 2.92. The smallest absolute Gasteiger partial charge is 0.255 e. The number of fused-ring (bicyclic) bond motifs is 1. The number of benzene rings is 2. The molecule has 0 unspecified atom stereocenters. The van der Waals surface area contributed by atoms with E-state index in [1.165, 1.54) is 29.5 Å². The van der Waals surface area contributed by atoms with Crippen molar-refractivity contribution in [2.24, 2.45) is 0 Å². The van der Waals surface area contributed by atoms with Crippen LogP contribution in [0.4, 0.5) is 5.69 Å². The van der Waals surface area contributed by atoms with E-state index in [2.05, 4.69) is 17.4 Å². The third-order valence-electron chi connectivity index (χ3n) is 3.98.